The third-order valence-corrected chi connectivity index (χ3v) is 2.70. The van der Waals surface area contributed by atoms with Gasteiger partial charge in [0.25, 0.3) is 5.56 Å². The summed E-state index contributed by atoms with van der Waals surface area (Å²) < 4.78 is 2.36. The molecule has 12 heavy (non-hydrogen) atoms. The predicted molar refractivity (Wildman–Crippen MR) is 49.9 cm³/mol. The van der Waals surface area contributed by atoms with Crippen molar-refractivity contribution in [1.29, 1.82) is 0 Å². The lowest BCUT2D eigenvalue weighted by molar-refractivity contribution is 0.985. The summed E-state index contributed by atoms with van der Waals surface area (Å²) in [6.07, 6.45) is 1.48. The van der Waals surface area contributed by atoms with Crippen LogP contribution in [0.1, 0.15) is 0 Å². The van der Waals surface area contributed by atoms with Gasteiger partial charge in [0, 0.05) is 13.2 Å². The molecule has 0 amide bonds. The number of pyridine rings is 1. The van der Waals surface area contributed by atoms with Gasteiger partial charge in [0.1, 0.15) is 5.52 Å². The number of rotatable bonds is 0. The molecule has 0 fully saturated rings. The van der Waals surface area contributed by atoms with Crippen molar-refractivity contribution in [3.8, 4) is 0 Å². The Hall–Kier alpha value is -0.870. The maximum Gasteiger partial charge on any atom is 0.286 e. The topological polar surface area (TPSA) is 34.9 Å². The van der Waals surface area contributed by atoms with Crippen LogP contribution in [0.5, 0.6) is 0 Å². The van der Waals surface area contributed by atoms with Crippen molar-refractivity contribution in [2.24, 2.45) is 7.05 Å². The van der Waals surface area contributed by atoms with Crippen LogP contribution in [0.3, 0.4) is 0 Å². The van der Waals surface area contributed by atoms with Crippen LogP contribution in [-0.4, -0.2) is 8.94 Å². The average Bonchev–Trinajstić information content (AvgIpc) is 2.28. The van der Waals surface area contributed by atoms with Crippen LogP contribution >= 0.6 is 23.1 Å². The number of nitrogens with zero attached hydrogens (tertiary/aromatic N) is 2. The molecule has 0 atom stereocenters. The summed E-state index contributed by atoms with van der Waals surface area (Å²) >= 11 is 7.06. The molecule has 0 unspecified atom stereocenters. The van der Waals surface area contributed by atoms with E-state index < -0.39 is 0 Å². The van der Waals surface area contributed by atoms with Crippen LogP contribution in [0.4, 0.5) is 0 Å². The lowest BCUT2D eigenvalue weighted by Gasteiger charge is -1.85. The van der Waals surface area contributed by atoms with E-state index in [0.717, 1.165) is 4.70 Å². The number of hydrogen-bond acceptors (Lipinski definition) is 3. The average molecular weight is 201 g/mol. The van der Waals surface area contributed by atoms with Gasteiger partial charge < -0.3 is 0 Å². The van der Waals surface area contributed by atoms with E-state index in [9.17, 15) is 4.79 Å². The van der Waals surface area contributed by atoms with Crippen molar-refractivity contribution in [2.45, 2.75) is 0 Å². The van der Waals surface area contributed by atoms with Crippen LogP contribution in [0.2, 0.25) is 5.02 Å². The fraction of sp³-hybridized carbons (Fsp3) is 0.143. The summed E-state index contributed by atoms with van der Waals surface area (Å²) in [5, 5.41) is 0.560. The van der Waals surface area contributed by atoms with Crippen LogP contribution < -0.4 is 5.56 Å². The number of halogens is 1. The van der Waals surface area contributed by atoms with Gasteiger partial charge in [0.15, 0.2) is 0 Å². The Kier molecular flexibility index (Phi) is 1.66. The molecule has 0 N–H and O–H groups in total. The van der Waals surface area contributed by atoms with Gasteiger partial charge in [-0.05, 0) is 6.07 Å². The summed E-state index contributed by atoms with van der Waals surface area (Å²) in [6.45, 7) is 0. The quantitative estimate of drug-likeness (QED) is 0.648. The Bertz CT molecular complexity index is 488. The molecule has 2 heterocycles. The minimum Gasteiger partial charge on any atom is -0.266 e. The summed E-state index contributed by atoms with van der Waals surface area (Å²) in [5.41, 5.74) is 0.429. The van der Waals surface area contributed by atoms with Gasteiger partial charge in [-0.25, -0.2) is 4.98 Å². The highest BCUT2D eigenvalue weighted by molar-refractivity contribution is 7.13. The monoisotopic (exact) mass is 200 g/mol. The fourth-order valence-electron chi connectivity index (χ4n) is 0.989. The molecule has 0 aliphatic rings. The van der Waals surface area contributed by atoms with Crippen LogP contribution in [0.15, 0.2) is 17.1 Å². The van der Waals surface area contributed by atoms with Crippen LogP contribution in [0.25, 0.3) is 10.2 Å². The normalized spacial score (nSPS) is 10.8. The molecule has 2 aromatic rings. The molecule has 5 heteroatoms. The third kappa shape index (κ3) is 1.04. The maximum absolute atomic E-state index is 11.3. The van der Waals surface area contributed by atoms with Crippen molar-refractivity contribution in [3.05, 3.63) is 27.6 Å². The minimum absolute atomic E-state index is 0.0633. The smallest absolute Gasteiger partial charge is 0.266 e. The summed E-state index contributed by atoms with van der Waals surface area (Å²) in [4.78, 5) is 15.3. The SMILES string of the molecule is Cn1sc2cc(Cl)cnc2c1=O. The molecule has 2 rings (SSSR count). The van der Waals surface area contributed by atoms with E-state index in [0.29, 0.717) is 10.5 Å². The molecule has 0 saturated carbocycles. The van der Waals surface area contributed by atoms with Crippen molar-refractivity contribution in [2.75, 3.05) is 0 Å². The zero-order valence-corrected chi connectivity index (χ0v) is 7.82. The van der Waals surface area contributed by atoms with E-state index in [2.05, 4.69) is 4.98 Å². The highest BCUT2D eigenvalue weighted by Gasteiger charge is 2.05. The second-order valence-corrected chi connectivity index (χ2v) is 4.00. The van der Waals surface area contributed by atoms with Crippen molar-refractivity contribution < 1.29 is 0 Å². The Morgan fingerprint density at radius 3 is 3.17 bits per heavy atom. The molecule has 3 nitrogen and oxygen atoms in total. The second-order valence-electron chi connectivity index (χ2n) is 2.39. The number of fused-ring (bicyclic) bond motifs is 1. The van der Waals surface area contributed by atoms with Crippen molar-refractivity contribution in [1.82, 2.24) is 8.94 Å². The van der Waals surface area contributed by atoms with E-state index in [1.54, 1.807) is 13.1 Å². The minimum atomic E-state index is -0.0633. The first-order chi connectivity index (χ1) is 5.68. The standard InChI is InChI=1S/C7H5ClN2OS/c1-10-7(11)6-5(12-10)2-4(8)3-9-6/h2-3H,1H3. The third-order valence-electron chi connectivity index (χ3n) is 1.54. The van der Waals surface area contributed by atoms with E-state index >= 15 is 0 Å². The number of aryl methyl sites for hydroxylation is 1. The van der Waals surface area contributed by atoms with Crippen molar-refractivity contribution >= 4 is 33.4 Å². The Labute approximate surface area is 77.4 Å². The fourth-order valence-corrected chi connectivity index (χ4v) is 2.08. The zero-order valence-electron chi connectivity index (χ0n) is 6.24. The Morgan fingerprint density at radius 1 is 1.67 bits per heavy atom. The molecule has 0 aliphatic carbocycles. The summed E-state index contributed by atoms with van der Waals surface area (Å²) in [6, 6.07) is 1.75. The molecule has 0 aromatic carbocycles. The van der Waals surface area contributed by atoms with E-state index in [1.165, 1.54) is 21.7 Å². The van der Waals surface area contributed by atoms with Gasteiger partial charge in [0.2, 0.25) is 0 Å². The molecule has 2 aromatic heterocycles. The summed E-state index contributed by atoms with van der Waals surface area (Å²) in [7, 11) is 1.71. The van der Waals surface area contributed by atoms with Gasteiger partial charge in [-0.3, -0.25) is 8.75 Å². The van der Waals surface area contributed by atoms with Gasteiger partial charge in [0.05, 0.1) is 9.72 Å². The number of hydrogen-bond donors (Lipinski definition) is 0. The Morgan fingerprint density at radius 2 is 2.42 bits per heavy atom. The predicted octanol–water partition coefficient (Wildman–Crippen LogP) is 1.65. The van der Waals surface area contributed by atoms with E-state index in [1.807, 2.05) is 0 Å². The first-order valence-corrected chi connectivity index (χ1v) is 4.45. The van der Waals surface area contributed by atoms with Gasteiger partial charge in [-0.1, -0.05) is 23.1 Å². The summed E-state index contributed by atoms with van der Waals surface area (Å²) in [5.74, 6) is 0. The van der Waals surface area contributed by atoms with Gasteiger partial charge in [-0.2, -0.15) is 0 Å². The molecular weight excluding hydrogens is 196 g/mol. The van der Waals surface area contributed by atoms with Crippen molar-refractivity contribution in [3.63, 3.8) is 0 Å². The molecule has 0 radical (unpaired) electrons. The van der Waals surface area contributed by atoms with Gasteiger partial charge in [-0.15, -0.1) is 0 Å². The highest BCUT2D eigenvalue weighted by atomic mass is 35.5. The largest absolute Gasteiger partial charge is 0.286 e. The first kappa shape index (κ1) is 7.76. The van der Waals surface area contributed by atoms with Crippen LogP contribution in [0, 0.1) is 0 Å². The molecule has 0 aliphatic heterocycles. The molecule has 0 bridgehead atoms. The highest BCUT2D eigenvalue weighted by Crippen LogP contribution is 2.17. The van der Waals surface area contributed by atoms with E-state index in [4.69, 9.17) is 11.6 Å². The first-order valence-electron chi connectivity index (χ1n) is 3.30. The zero-order chi connectivity index (χ0) is 8.72. The molecule has 62 valence electrons. The Balaban J connectivity index is 2.97. The maximum atomic E-state index is 11.3. The lowest BCUT2D eigenvalue weighted by atomic mass is 10.4. The molecule has 0 saturated heterocycles. The molecule has 0 spiro atoms. The van der Waals surface area contributed by atoms with Crippen LogP contribution in [-0.2, 0) is 7.05 Å². The van der Waals surface area contributed by atoms with Gasteiger partial charge >= 0.3 is 0 Å². The second kappa shape index (κ2) is 2.57. The lowest BCUT2D eigenvalue weighted by Crippen LogP contribution is -2.08. The van der Waals surface area contributed by atoms with E-state index in [-0.39, 0.29) is 5.56 Å². The number of aromatic nitrogens is 2. The molecular formula is C7H5ClN2OS.